The van der Waals surface area contributed by atoms with Gasteiger partial charge in [0.1, 0.15) is 11.5 Å². The molecule has 0 unspecified atom stereocenters. The average molecular weight is 261 g/mol. The van der Waals surface area contributed by atoms with Crippen LogP contribution in [0.5, 0.6) is 5.75 Å². The normalized spacial score (nSPS) is 10.4. The van der Waals surface area contributed by atoms with E-state index in [1.54, 1.807) is 6.20 Å². The maximum Gasteiger partial charge on any atom is 0.213 e. The van der Waals surface area contributed by atoms with Gasteiger partial charge in [-0.15, -0.1) is 0 Å². The number of aromatic nitrogens is 1. The summed E-state index contributed by atoms with van der Waals surface area (Å²) in [6, 6.07) is 5.62. The average Bonchev–Trinajstić information content (AvgIpc) is 2.82. The molecule has 1 aromatic heterocycles. The molecule has 0 bridgehead atoms. The van der Waals surface area contributed by atoms with Gasteiger partial charge >= 0.3 is 0 Å². The second-order valence-electron chi connectivity index (χ2n) is 4.32. The van der Waals surface area contributed by atoms with Crippen LogP contribution in [0, 0.1) is 6.92 Å². The van der Waals surface area contributed by atoms with Crippen molar-refractivity contribution in [2.45, 2.75) is 26.8 Å². The van der Waals surface area contributed by atoms with Crippen LogP contribution in [0.1, 0.15) is 25.0 Å². The third-order valence-electron chi connectivity index (χ3n) is 2.59. The van der Waals surface area contributed by atoms with Gasteiger partial charge in [0.05, 0.1) is 25.0 Å². The Morgan fingerprint density at radius 1 is 1.42 bits per heavy atom. The van der Waals surface area contributed by atoms with Crippen LogP contribution in [0.2, 0.25) is 0 Å². The van der Waals surface area contributed by atoms with E-state index in [9.17, 15) is 0 Å². The van der Waals surface area contributed by atoms with Gasteiger partial charge in [0, 0.05) is 11.8 Å². The highest BCUT2D eigenvalue weighted by atomic mass is 16.5. The van der Waals surface area contributed by atoms with Gasteiger partial charge in [0.25, 0.3) is 0 Å². The summed E-state index contributed by atoms with van der Waals surface area (Å²) < 4.78 is 11.0. The number of benzene rings is 1. The van der Waals surface area contributed by atoms with Gasteiger partial charge in [0.2, 0.25) is 5.89 Å². The minimum Gasteiger partial charge on any atom is -0.491 e. The van der Waals surface area contributed by atoms with Gasteiger partial charge < -0.3 is 20.2 Å². The molecule has 1 aromatic carbocycles. The molecule has 2 rings (SSSR count). The summed E-state index contributed by atoms with van der Waals surface area (Å²) >= 11 is 0. The predicted octanol–water partition coefficient (Wildman–Crippen LogP) is 2.97. The summed E-state index contributed by atoms with van der Waals surface area (Å²) in [6.07, 6.45) is 2.66. The van der Waals surface area contributed by atoms with Crippen molar-refractivity contribution in [2.75, 3.05) is 17.7 Å². The standard InChI is InChI=1S/C14H19N3O2/c1-3-6-18-13-7-11(4-5-12(13)15)16-9-14-17-8-10(2)19-14/h4-5,7-8,16H,3,6,9,15H2,1-2H3. The Labute approximate surface area is 112 Å². The molecule has 0 radical (unpaired) electrons. The highest BCUT2D eigenvalue weighted by Crippen LogP contribution is 2.25. The Bertz CT molecular complexity index is 537. The molecule has 0 aliphatic heterocycles. The molecule has 102 valence electrons. The van der Waals surface area contributed by atoms with Crippen LogP contribution >= 0.6 is 0 Å². The van der Waals surface area contributed by atoms with Crippen LogP contribution in [0.4, 0.5) is 11.4 Å². The minimum atomic E-state index is 0.533. The zero-order chi connectivity index (χ0) is 13.7. The lowest BCUT2D eigenvalue weighted by Crippen LogP contribution is -2.02. The molecular formula is C14H19N3O2. The molecule has 0 amide bonds. The fourth-order valence-corrected chi connectivity index (χ4v) is 1.64. The van der Waals surface area contributed by atoms with E-state index in [4.69, 9.17) is 14.9 Å². The summed E-state index contributed by atoms with van der Waals surface area (Å²) in [5.74, 6) is 2.17. The van der Waals surface area contributed by atoms with Crippen LogP contribution in [0.3, 0.4) is 0 Å². The van der Waals surface area contributed by atoms with Crippen LogP contribution in [0.15, 0.2) is 28.8 Å². The van der Waals surface area contributed by atoms with Crippen molar-refractivity contribution < 1.29 is 9.15 Å². The number of oxazole rings is 1. The zero-order valence-electron chi connectivity index (χ0n) is 11.3. The summed E-state index contributed by atoms with van der Waals surface area (Å²) in [6.45, 7) is 5.12. The van der Waals surface area contributed by atoms with Crippen molar-refractivity contribution in [2.24, 2.45) is 0 Å². The zero-order valence-corrected chi connectivity index (χ0v) is 11.3. The molecule has 5 nitrogen and oxygen atoms in total. The van der Waals surface area contributed by atoms with E-state index in [1.807, 2.05) is 25.1 Å². The fraction of sp³-hybridized carbons (Fsp3) is 0.357. The number of rotatable bonds is 6. The second-order valence-corrected chi connectivity index (χ2v) is 4.32. The molecule has 19 heavy (non-hydrogen) atoms. The number of nitrogens with zero attached hydrogens (tertiary/aromatic N) is 1. The van der Waals surface area contributed by atoms with E-state index < -0.39 is 0 Å². The lowest BCUT2D eigenvalue weighted by Gasteiger charge is -2.10. The largest absolute Gasteiger partial charge is 0.491 e. The highest BCUT2D eigenvalue weighted by molar-refractivity contribution is 5.61. The molecule has 0 saturated carbocycles. The second kappa shape index (κ2) is 6.13. The molecule has 3 N–H and O–H groups in total. The molecule has 0 saturated heterocycles. The lowest BCUT2D eigenvalue weighted by atomic mass is 10.2. The van der Waals surface area contributed by atoms with Gasteiger partial charge in [-0.25, -0.2) is 4.98 Å². The molecule has 1 heterocycles. The molecule has 0 fully saturated rings. The summed E-state index contributed by atoms with van der Waals surface area (Å²) in [5.41, 5.74) is 7.43. The first-order valence-electron chi connectivity index (χ1n) is 6.36. The van der Waals surface area contributed by atoms with Crippen molar-refractivity contribution in [3.8, 4) is 5.75 Å². The number of aryl methyl sites for hydroxylation is 1. The first-order valence-corrected chi connectivity index (χ1v) is 6.36. The van der Waals surface area contributed by atoms with E-state index in [-0.39, 0.29) is 0 Å². The minimum absolute atomic E-state index is 0.533. The summed E-state index contributed by atoms with van der Waals surface area (Å²) in [5, 5.41) is 3.23. The lowest BCUT2D eigenvalue weighted by molar-refractivity contribution is 0.319. The number of nitrogens with two attached hydrogens (primary N) is 1. The van der Waals surface area contributed by atoms with Crippen molar-refractivity contribution in [1.29, 1.82) is 0 Å². The van der Waals surface area contributed by atoms with Crippen molar-refractivity contribution >= 4 is 11.4 Å². The number of hydrogen-bond acceptors (Lipinski definition) is 5. The number of nitrogen functional groups attached to an aromatic ring is 1. The summed E-state index contributed by atoms with van der Waals surface area (Å²) in [7, 11) is 0. The van der Waals surface area contributed by atoms with Crippen LogP contribution in [-0.2, 0) is 6.54 Å². The van der Waals surface area contributed by atoms with Crippen molar-refractivity contribution in [3.63, 3.8) is 0 Å². The van der Waals surface area contributed by atoms with Crippen LogP contribution in [0.25, 0.3) is 0 Å². The number of anilines is 2. The smallest absolute Gasteiger partial charge is 0.213 e. The van der Waals surface area contributed by atoms with Crippen molar-refractivity contribution in [3.05, 3.63) is 36.0 Å². The number of hydrogen-bond donors (Lipinski definition) is 2. The van der Waals surface area contributed by atoms with Gasteiger partial charge in [0.15, 0.2) is 0 Å². The van der Waals surface area contributed by atoms with E-state index in [0.717, 1.165) is 17.9 Å². The van der Waals surface area contributed by atoms with E-state index in [0.29, 0.717) is 30.5 Å². The van der Waals surface area contributed by atoms with Gasteiger partial charge in [-0.1, -0.05) is 6.92 Å². The van der Waals surface area contributed by atoms with E-state index >= 15 is 0 Å². The Balaban J connectivity index is 2.00. The monoisotopic (exact) mass is 261 g/mol. The molecule has 2 aromatic rings. The van der Waals surface area contributed by atoms with Crippen LogP contribution in [-0.4, -0.2) is 11.6 Å². The fourth-order valence-electron chi connectivity index (χ4n) is 1.64. The topological polar surface area (TPSA) is 73.3 Å². The predicted molar refractivity (Wildman–Crippen MR) is 75.2 cm³/mol. The molecule has 0 aliphatic carbocycles. The van der Waals surface area contributed by atoms with Gasteiger partial charge in [-0.2, -0.15) is 0 Å². The Kier molecular flexibility index (Phi) is 4.28. The Hall–Kier alpha value is -2.17. The van der Waals surface area contributed by atoms with Crippen LogP contribution < -0.4 is 15.8 Å². The Morgan fingerprint density at radius 2 is 2.26 bits per heavy atom. The third-order valence-corrected chi connectivity index (χ3v) is 2.59. The maximum absolute atomic E-state index is 5.86. The van der Waals surface area contributed by atoms with Gasteiger partial charge in [-0.3, -0.25) is 0 Å². The SMILES string of the molecule is CCCOc1cc(NCc2ncc(C)o2)ccc1N. The van der Waals surface area contributed by atoms with Gasteiger partial charge in [-0.05, 0) is 25.5 Å². The molecule has 0 spiro atoms. The molecule has 0 aliphatic rings. The molecular weight excluding hydrogens is 242 g/mol. The first kappa shape index (κ1) is 13.3. The highest BCUT2D eigenvalue weighted by Gasteiger charge is 2.04. The first-order chi connectivity index (χ1) is 9.19. The maximum atomic E-state index is 5.86. The molecule has 5 heteroatoms. The molecule has 0 atom stereocenters. The van der Waals surface area contributed by atoms with E-state index in [1.165, 1.54) is 0 Å². The third kappa shape index (κ3) is 3.64. The Morgan fingerprint density at radius 3 is 2.95 bits per heavy atom. The number of ether oxygens (including phenoxy) is 1. The quantitative estimate of drug-likeness (QED) is 0.782. The van der Waals surface area contributed by atoms with Crippen molar-refractivity contribution in [1.82, 2.24) is 4.98 Å². The summed E-state index contributed by atoms with van der Waals surface area (Å²) in [4.78, 5) is 4.14. The van der Waals surface area contributed by atoms with E-state index in [2.05, 4.69) is 17.2 Å². The number of nitrogens with one attached hydrogen (secondary N) is 1.